The number of hydrogen-bond acceptors (Lipinski definition) is 5. The van der Waals surface area contributed by atoms with Gasteiger partial charge in [0, 0.05) is 25.3 Å². The van der Waals surface area contributed by atoms with Crippen LogP contribution in [0.15, 0.2) is 23.1 Å². The van der Waals surface area contributed by atoms with Gasteiger partial charge in [-0.25, -0.2) is 13.4 Å². The molecule has 0 spiro atoms. The summed E-state index contributed by atoms with van der Waals surface area (Å²) in [6, 6.07) is 5.20. The van der Waals surface area contributed by atoms with E-state index in [9.17, 15) is 8.42 Å². The standard InChI is InChI=1S/C13H17N3O3S/c1-20(17,18)10-2-3-11-12(7-10)16-13(15-11)6-9-8-19-5-4-14-9/h2-3,7,9,14H,4-6,8H2,1H3,(H,15,16). The molecule has 1 aliphatic rings. The minimum absolute atomic E-state index is 0.249. The predicted molar refractivity (Wildman–Crippen MR) is 75.5 cm³/mol. The molecule has 3 rings (SSSR count). The summed E-state index contributed by atoms with van der Waals surface area (Å²) in [6.07, 6.45) is 1.94. The van der Waals surface area contributed by atoms with E-state index in [1.165, 1.54) is 6.26 Å². The van der Waals surface area contributed by atoms with Crippen LogP contribution in [0.2, 0.25) is 0 Å². The van der Waals surface area contributed by atoms with E-state index in [0.29, 0.717) is 11.5 Å². The molecule has 0 aliphatic carbocycles. The minimum Gasteiger partial charge on any atom is -0.379 e. The molecule has 2 N–H and O–H groups in total. The largest absolute Gasteiger partial charge is 0.379 e. The van der Waals surface area contributed by atoms with Gasteiger partial charge in [0.15, 0.2) is 9.84 Å². The molecule has 1 fully saturated rings. The fourth-order valence-electron chi connectivity index (χ4n) is 2.35. The first-order valence-electron chi connectivity index (χ1n) is 6.52. The van der Waals surface area contributed by atoms with E-state index >= 15 is 0 Å². The molecular formula is C13H17N3O3S. The maximum atomic E-state index is 11.5. The molecule has 1 unspecified atom stereocenters. The van der Waals surface area contributed by atoms with Crippen molar-refractivity contribution in [1.82, 2.24) is 15.3 Å². The lowest BCUT2D eigenvalue weighted by Gasteiger charge is -2.22. The van der Waals surface area contributed by atoms with Gasteiger partial charge >= 0.3 is 0 Å². The fraction of sp³-hybridized carbons (Fsp3) is 0.462. The molecule has 7 heteroatoms. The van der Waals surface area contributed by atoms with Crippen molar-refractivity contribution in [2.24, 2.45) is 0 Å². The van der Waals surface area contributed by atoms with Gasteiger partial charge in [-0.1, -0.05) is 0 Å². The SMILES string of the molecule is CS(=O)(=O)c1ccc2nc(CC3COCCN3)[nH]c2c1. The molecule has 2 heterocycles. The molecule has 0 amide bonds. The highest BCUT2D eigenvalue weighted by Gasteiger charge is 2.16. The zero-order valence-corrected chi connectivity index (χ0v) is 12.0. The van der Waals surface area contributed by atoms with Crippen LogP contribution in [-0.2, 0) is 21.0 Å². The summed E-state index contributed by atoms with van der Waals surface area (Å²) in [7, 11) is -3.19. The molecule has 1 aromatic heterocycles. The van der Waals surface area contributed by atoms with Gasteiger partial charge < -0.3 is 15.0 Å². The van der Waals surface area contributed by atoms with Gasteiger partial charge in [0.2, 0.25) is 0 Å². The van der Waals surface area contributed by atoms with Gasteiger partial charge in [-0.15, -0.1) is 0 Å². The molecule has 0 bridgehead atoms. The number of imidazole rings is 1. The zero-order chi connectivity index (χ0) is 14.2. The summed E-state index contributed by atoms with van der Waals surface area (Å²) in [4.78, 5) is 7.97. The maximum absolute atomic E-state index is 11.5. The number of hydrogen-bond donors (Lipinski definition) is 2. The molecule has 6 nitrogen and oxygen atoms in total. The van der Waals surface area contributed by atoms with Crippen molar-refractivity contribution in [3.63, 3.8) is 0 Å². The van der Waals surface area contributed by atoms with Crippen LogP contribution in [0.25, 0.3) is 11.0 Å². The number of nitrogens with zero attached hydrogens (tertiary/aromatic N) is 1. The lowest BCUT2D eigenvalue weighted by molar-refractivity contribution is 0.0765. The Morgan fingerprint density at radius 1 is 1.45 bits per heavy atom. The van der Waals surface area contributed by atoms with Crippen LogP contribution in [0.4, 0.5) is 0 Å². The second kappa shape index (κ2) is 5.16. The number of nitrogens with one attached hydrogen (secondary N) is 2. The van der Waals surface area contributed by atoms with Crippen molar-refractivity contribution in [3.05, 3.63) is 24.0 Å². The first-order valence-corrected chi connectivity index (χ1v) is 8.41. The summed E-state index contributed by atoms with van der Waals surface area (Å²) in [5, 5.41) is 3.37. The molecular weight excluding hydrogens is 278 g/mol. The van der Waals surface area contributed by atoms with Crippen molar-refractivity contribution >= 4 is 20.9 Å². The zero-order valence-electron chi connectivity index (χ0n) is 11.2. The molecule has 1 atom stereocenters. The van der Waals surface area contributed by atoms with Crippen molar-refractivity contribution in [2.45, 2.75) is 17.4 Å². The van der Waals surface area contributed by atoms with Gasteiger partial charge in [0.1, 0.15) is 5.82 Å². The van der Waals surface area contributed by atoms with Gasteiger partial charge in [-0.3, -0.25) is 0 Å². The van der Waals surface area contributed by atoms with Gasteiger partial charge in [-0.2, -0.15) is 0 Å². The lowest BCUT2D eigenvalue weighted by Crippen LogP contribution is -2.42. The summed E-state index contributed by atoms with van der Waals surface area (Å²) in [5.41, 5.74) is 1.53. The van der Waals surface area contributed by atoms with Gasteiger partial charge in [0.05, 0.1) is 29.1 Å². The normalized spacial score (nSPS) is 20.4. The minimum atomic E-state index is -3.19. The predicted octanol–water partition coefficient (Wildman–Crippen LogP) is 0.497. The van der Waals surface area contributed by atoms with Crippen LogP contribution in [0.1, 0.15) is 5.82 Å². The second-order valence-electron chi connectivity index (χ2n) is 5.06. The van der Waals surface area contributed by atoms with E-state index in [2.05, 4.69) is 15.3 Å². The molecule has 0 radical (unpaired) electrons. The Labute approximate surface area is 117 Å². The average molecular weight is 295 g/mol. The van der Waals surface area contributed by atoms with Gasteiger partial charge in [-0.05, 0) is 18.2 Å². The quantitative estimate of drug-likeness (QED) is 0.861. The van der Waals surface area contributed by atoms with Crippen molar-refractivity contribution in [3.8, 4) is 0 Å². The van der Waals surface area contributed by atoms with Crippen LogP contribution < -0.4 is 5.32 Å². The van der Waals surface area contributed by atoms with Crippen LogP contribution in [0, 0.1) is 0 Å². The monoisotopic (exact) mass is 295 g/mol. The Morgan fingerprint density at radius 3 is 3.00 bits per heavy atom. The molecule has 108 valence electrons. The summed E-state index contributed by atoms with van der Waals surface area (Å²) >= 11 is 0. The Morgan fingerprint density at radius 2 is 2.30 bits per heavy atom. The first-order chi connectivity index (χ1) is 9.52. The number of aromatic nitrogens is 2. The molecule has 0 saturated carbocycles. The Balaban J connectivity index is 1.86. The van der Waals surface area contributed by atoms with Crippen LogP contribution in [-0.4, -0.2) is 50.4 Å². The van der Waals surface area contributed by atoms with E-state index in [-0.39, 0.29) is 6.04 Å². The number of morpholine rings is 1. The molecule has 1 saturated heterocycles. The first kappa shape index (κ1) is 13.5. The van der Waals surface area contributed by atoms with Crippen molar-refractivity contribution in [1.29, 1.82) is 0 Å². The number of ether oxygens (including phenoxy) is 1. The Kier molecular flexibility index (Phi) is 3.49. The number of rotatable bonds is 3. The third kappa shape index (κ3) is 2.84. The summed E-state index contributed by atoms with van der Waals surface area (Å²) in [6.45, 7) is 2.27. The van der Waals surface area contributed by atoms with E-state index in [1.54, 1.807) is 18.2 Å². The Bertz CT molecular complexity index is 718. The topological polar surface area (TPSA) is 84.1 Å². The summed E-state index contributed by atoms with van der Waals surface area (Å²) < 4.78 is 28.5. The number of aromatic amines is 1. The van der Waals surface area contributed by atoms with E-state index < -0.39 is 9.84 Å². The van der Waals surface area contributed by atoms with Crippen LogP contribution >= 0.6 is 0 Å². The molecule has 1 aliphatic heterocycles. The molecule has 2 aromatic rings. The van der Waals surface area contributed by atoms with Crippen molar-refractivity contribution in [2.75, 3.05) is 26.0 Å². The van der Waals surface area contributed by atoms with Crippen LogP contribution in [0.5, 0.6) is 0 Å². The summed E-state index contributed by atoms with van der Waals surface area (Å²) in [5.74, 6) is 0.841. The third-order valence-electron chi connectivity index (χ3n) is 3.37. The van der Waals surface area contributed by atoms with Crippen LogP contribution in [0.3, 0.4) is 0 Å². The highest BCUT2D eigenvalue weighted by molar-refractivity contribution is 7.90. The van der Waals surface area contributed by atoms with E-state index in [1.807, 2.05) is 0 Å². The molecule has 1 aromatic carbocycles. The fourth-order valence-corrected chi connectivity index (χ4v) is 3.00. The third-order valence-corrected chi connectivity index (χ3v) is 4.48. The number of benzene rings is 1. The Hall–Kier alpha value is -1.44. The van der Waals surface area contributed by atoms with E-state index in [4.69, 9.17) is 4.74 Å². The lowest BCUT2D eigenvalue weighted by atomic mass is 10.2. The maximum Gasteiger partial charge on any atom is 0.175 e. The van der Waals surface area contributed by atoms with Crippen molar-refractivity contribution < 1.29 is 13.2 Å². The van der Waals surface area contributed by atoms with Gasteiger partial charge in [0.25, 0.3) is 0 Å². The highest BCUT2D eigenvalue weighted by Crippen LogP contribution is 2.18. The molecule has 20 heavy (non-hydrogen) atoms. The smallest absolute Gasteiger partial charge is 0.175 e. The van der Waals surface area contributed by atoms with E-state index in [0.717, 1.165) is 36.4 Å². The average Bonchev–Trinajstić information content (AvgIpc) is 2.80. The second-order valence-corrected chi connectivity index (χ2v) is 7.08. The number of sulfone groups is 1. The number of H-pyrrole nitrogens is 1. The highest BCUT2D eigenvalue weighted by atomic mass is 32.2. The number of fused-ring (bicyclic) bond motifs is 1.